The minimum Gasteiger partial charge on any atom is -0.357 e. The molecule has 2 N–H and O–H groups in total. The molecule has 5 heteroatoms. The van der Waals surface area contributed by atoms with Gasteiger partial charge in [-0.25, -0.2) is 0 Å². The monoisotopic (exact) mass is 280 g/mol. The molecule has 0 spiro atoms. The number of pyridine rings is 1. The lowest BCUT2D eigenvalue weighted by molar-refractivity contribution is 0.800. The third kappa shape index (κ3) is 6.47. The van der Waals surface area contributed by atoms with E-state index in [-0.39, 0.29) is 0 Å². The minimum atomic E-state index is 0.852. The largest absolute Gasteiger partial charge is 0.357 e. The zero-order valence-electron chi connectivity index (χ0n) is 12.1. The summed E-state index contributed by atoms with van der Waals surface area (Å²) in [5, 5.41) is 6.62. The first-order valence-corrected chi connectivity index (χ1v) is 8.08. The van der Waals surface area contributed by atoms with Crippen molar-refractivity contribution in [1.29, 1.82) is 0 Å². The van der Waals surface area contributed by atoms with Gasteiger partial charge in [0.05, 0.1) is 6.54 Å². The highest BCUT2D eigenvalue weighted by Gasteiger charge is 1.99. The Morgan fingerprint density at radius 1 is 1.42 bits per heavy atom. The van der Waals surface area contributed by atoms with Gasteiger partial charge >= 0.3 is 0 Å². The number of guanidine groups is 1. The number of aliphatic imine (C=N–C) groups is 1. The average Bonchev–Trinajstić information content (AvgIpc) is 2.41. The highest BCUT2D eigenvalue weighted by Crippen LogP contribution is 2.04. The fraction of sp³-hybridized carbons (Fsp3) is 0.571. The molecule has 0 aliphatic carbocycles. The van der Waals surface area contributed by atoms with Crippen LogP contribution in [-0.2, 0) is 6.42 Å². The first kappa shape index (κ1) is 15.8. The molecular formula is C14H24N4S. The van der Waals surface area contributed by atoms with Gasteiger partial charge in [0.15, 0.2) is 5.96 Å². The van der Waals surface area contributed by atoms with Crippen LogP contribution in [0.25, 0.3) is 0 Å². The maximum absolute atomic E-state index is 4.52. The third-order valence-corrected chi connectivity index (χ3v) is 3.32. The van der Waals surface area contributed by atoms with Crippen molar-refractivity contribution >= 4 is 17.7 Å². The van der Waals surface area contributed by atoms with Crippen molar-refractivity contribution in [2.75, 3.05) is 31.6 Å². The Labute approximate surface area is 120 Å². The molecule has 1 aromatic rings. The normalized spacial score (nSPS) is 11.4. The van der Waals surface area contributed by atoms with Crippen LogP contribution in [0.5, 0.6) is 0 Å². The van der Waals surface area contributed by atoms with Gasteiger partial charge in [-0.15, -0.1) is 0 Å². The van der Waals surface area contributed by atoms with Crippen molar-refractivity contribution in [2.24, 2.45) is 4.99 Å². The van der Waals surface area contributed by atoms with Crippen LogP contribution >= 0.6 is 11.8 Å². The van der Waals surface area contributed by atoms with Gasteiger partial charge in [0.2, 0.25) is 0 Å². The van der Waals surface area contributed by atoms with Crippen molar-refractivity contribution < 1.29 is 0 Å². The van der Waals surface area contributed by atoms with Crippen molar-refractivity contribution in [2.45, 2.75) is 20.3 Å². The molecule has 0 aliphatic heterocycles. The van der Waals surface area contributed by atoms with Crippen molar-refractivity contribution in [1.82, 2.24) is 15.6 Å². The van der Waals surface area contributed by atoms with E-state index < -0.39 is 0 Å². The van der Waals surface area contributed by atoms with Crippen LogP contribution in [0, 0.1) is 6.92 Å². The standard InChI is InChI=1S/C14H24N4S/c1-4-16-14(18-9-10-19-3)17-8-6-13-5-7-15-11-12(13)2/h5,7,11H,4,6,8-10H2,1-3H3,(H2,16,17,18). The number of hydrogen-bond acceptors (Lipinski definition) is 3. The Morgan fingerprint density at radius 3 is 2.95 bits per heavy atom. The zero-order chi connectivity index (χ0) is 13.9. The van der Waals surface area contributed by atoms with Gasteiger partial charge in [-0.1, -0.05) is 0 Å². The summed E-state index contributed by atoms with van der Waals surface area (Å²) in [7, 11) is 0. The second kappa shape index (κ2) is 9.67. The Hall–Kier alpha value is -1.23. The van der Waals surface area contributed by atoms with Crippen molar-refractivity contribution in [3.8, 4) is 0 Å². The average molecular weight is 280 g/mol. The van der Waals surface area contributed by atoms with Gasteiger partial charge < -0.3 is 10.6 Å². The molecule has 0 radical (unpaired) electrons. The van der Waals surface area contributed by atoms with E-state index >= 15 is 0 Å². The maximum Gasteiger partial charge on any atom is 0.191 e. The number of thioether (sulfide) groups is 1. The molecule has 0 atom stereocenters. The molecule has 0 unspecified atom stereocenters. The number of nitrogens with one attached hydrogen (secondary N) is 2. The number of rotatable bonds is 7. The smallest absolute Gasteiger partial charge is 0.191 e. The van der Waals surface area contributed by atoms with E-state index in [4.69, 9.17) is 0 Å². The summed E-state index contributed by atoms with van der Waals surface area (Å²) in [4.78, 5) is 8.63. The zero-order valence-corrected chi connectivity index (χ0v) is 12.9. The van der Waals surface area contributed by atoms with E-state index in [1.165, 1.54) is 11.1 Å². The highest BCUT2D eigenvalue weighted by atomic mass is 32.2. The molecule has 0 bridgehead atoms. The van der Waals surface area contributed by atoms with Gasteiger partial charge in [-0.2, -0.15) is 11.8 Å². The van der Waals surface area contributed by atoms with Gasteiger partial charge in [0.1, 0.15) is 0 Å². The molecule has 0 amide bonds. The molecule has 1 heterocycles. The van der Waals surface area contributed by atoms with Gasteiger partial charge in [-0.3, -0.25) is 9.98 Å². The summed E-state index contributed by atoms with van der Waals surface area (Å²) in [5.74, 6) is 1.96. The molecule has 0 aromatic carbocycles. The predicted octanol–water partition coefficient (Wildman–Crippen LogP) is 1.85. The summed E-state index contributed by atoms with van der Waals surface area (Å²) < 4.78 is 0. The molecule has 0 saturated carbocycles. The number of hydrogen-bond donors (Lipinski definition) is 2. The van der Waals surface area contributed by atoms with E-state index in [1.807, 2.05) is 24.2 Å². The van der Waals surface area contributed by atoms with Crippen LogP contribution in [0.4, 0.5) is 0 Å². The fourth-order valence-corrected chi connectivity index (χ4v) is 1.96. The quantitative estimate of drug-likeness (QED) is 0.455. The molecule has 4 nitrogen and oxygen atoms in total. The summed E-state index contributed by atoms with van der Waals surface area (Å²) in [5.41, 5.74) is 2.58. The molecule has 0 fully saturated rings. The number of aromatic nitrogens is 1. The lowest BCUT2D eigenvalue weighted by Crippen LogP contribution is -2.38. The first-order valence-electron chi connectivity index (χ1n) is 6.68. The van der Waals surface area contributed by atoms with E-state index in [0.29, 0.717) is 0 Å². The molecule has 1 rings (SSSR count). The Kier molecular flexibility index (Phi) is 8.05. The Balaban J connectivity index is 2.39. The molecule has 0 aliphatic rings. The Bertz CT molecular complexity index is 393. The van der Waals surface area contributed by atoms with Gasteiger partial charge in [0.25, 0.3) is 0 Å². The fourth-order valence-electron chi connectivity index (χ4n) is 1.69. The maximum atomic E-state index is 4.52. The van der Waals surface area contributed by atoms with Crippen molar-refractivity contribution in [3.05, 3.63) is 29.6 Å². The van der Waals surface area contributed by atoms with Crippen molar-refractivity contribution in [3.63, 3.8) is 0 Å². The molecule has 19 heavy (non-hydrogen) atoms. The predicted molar refractivity (Wildman–Crippen MR) is 85.0 cm³/mol. The molecule has 0 saturated heterocycles. The molecular weight excluding hydrogens is 256 g/mol. The second-order valence-electron chi connectivity index (χ2n) is 4.23. The van der Waals surface area contributed by atoms with Crippen LogP contribution in [-0.4, -0.2) is 42.6 Å². The lowest BCUT2D eigenvalue weighted by Gasteiger charge is -2.11. The van der Waals surface area contributed by atoms with E-state index in [9.17, 15) is 0 Å². The third-order valence-electron chi connectivity index (χ3n) is 2.73. The molecule has 1 aromatic heterocycles. The van der Waals surface area contributed by atoms with Gasteiger partial charge in [0, 0.05) is 31.2 Å². The first-order chi connectivity index (χ1) is 9.27. The van der Waals surface area contributed by atoms with Crippen LogP contribution in [0.3, 0.4) is 0 Å². The minimum absolute atomic E-state index is 0.852. The van der Waals surface area contributed by atoms with Gasteiger partial charge in [-0.05, 0) is 43.7 Å². The SMILES string of the molecule is CCNC(=NCCSC)NCCc1ccncc1C. The van der Waals surface area contributed by atoms with E-state index in [0.717, 1.165) is 37.8 Å². The van der Waals surface area contributed by atoms with E-state index in [1.54, 1.807) is 0 Å². The van der Waals surface area contributed by atoms with Crippen LogP contribution in [0.2, 0.25) is 0 Å². The summed E-state index contributed by atoms with van der Waals surface area (Å²) >= 11 is 1.81. The number of aryl methyl sites for hydroxylation is 1. The van der Waals surface area contributed by atoms with E-state index in [2.05, 4.69) is 46.8 Å². The Morgan fingerprint density at radius 2 is 2.26 bits per heavy atom. The second-order valence-corrected chi connectivity index (χ2v) is 5.22. The molecule has 106 valence electrons. The summed E-state index contributed by atoms with van der Waals surface area (Å²) in [6.07, 6.45) is 6.84. The van der Waals surface area contributed by atoms with Crippen LogP contribution in [0.15, 0.2) is 23.5 Å². The topological polar surface area (TPSA) is 49.3 Å². The highest BCUT2D eigenvalue weighted by molar-refractivity contribution is 7.98. The summed E-state index contributed by atoms with van der Waals surface area (Å²) in [6, 6.07) is 2.08. The summed E-state index contributed by atoms with van der Waals surface area (Å²) in [6.45, 7) is 6.80. The number of nitrogens with zero attached hydrogens (tertiary/aromatic N) is 2. The van der Waals surface area contributed by atoms with Crippen LogP contribution in [0.1, 0.15) is 18.1 Å². The lowest BCUT2D eigenvalue weighted by atomic mass is 10.1. The van der Waals surface area contributed by atoms with Crippen LogP contribution < -0.4 is 10.6 Å².